The number of morpholine rings is 1. The Labute approximate surface area is 191 Å². The summed E-state index contributed by atoms with van der Waals surface area (Å²) < 4.78 is 7.95. The van der Waals surface area contributed by atoms with Gasteiger partial charge in [-0.3, -0.25) is 9.69 Å². The minimum atomic E-state index is 0.0888. The first kappa shape index (κ1) is 22.6. The van der Waals surface area contributed by atoms with Gasteiger partial charge in [-0.2, -0.15) is 5.26 Å². The number of likely N-dealkylation sites (tertiary alicyclic amines) is 1. The number of piperidine rings is 1. The Bertz CT molecular complexity index is 987. The lowest BCUT2D eigenvalue weighted by molar-refractivity contribution is -0.127. The normalized spacial score (nSPS) is 23.1. The molecule has 32 heavy (non-hydrogen) atoms. The summed E-state index contributed by atoms with van der Waals surface area (Å²) in [7, 11) is 0. The number of aromatic nitrogens is 1. The van der Waals surface area contributed by atoms with Crippen LogP contribution in [0.1, 0.15) is 38.7 Å². The Morgan fingerprint density at radius 2 is 1.91 bits per heavy atom. The molecule has 0 N–H and O–H groups in total. The van der Waals surface area contributed by atoms with E-state index in [4.69, 9.17) is 10.00 Å². The molecule has 0 aliphatic carbocycles. The summed E-state index contributed by atoms with van der Waals surface area (Å²) in [6, 6.07) is 10.4. The number of carbonyl (C=O) groups excluding carboxylic acids is 1. The van der Waals surface area contributed by atoms with E-state index < -0.39 is 0 Å². The molecule has 1 aromatic heterocycles. The number of ether oxygens (including phenoxy) is 1. The number of nitrogens with zero attached hydrogens (tertiary/aromatic N) is 4. The molecule has 3 heterocycles. The van der Waals surface area contributed by atoms with Gasteiger partial charge in [0.25, 0.3) is 0 Å². The number of hydrogen-bond donors (Lipinski definition) is 0. The molecule has 6 heteroatoms. The number of hydrogen-bond acceptors (Lipinski definition) is 4. The molecule has 2 aliphatic heterocycles. The molecule has 1 aromatic carbocycles. The maximum atomic E-state index is 12.8. The van der Waals surface area contributed by atoms with Crippen LogP contribution in [-0.4, -0.2) is 65.2 Å². The summed E-state index contributed by atoms with van der Waals surface area (Å²) in [6.07, 6.45) is 8.88. The van der Waals surface area contributed by atoms with Crippen molar-refractivity contribution in [3.8, 4) is 6.07 Å². The molecule has 170 valence electrons. The van der Waals surface area contributed by atoms with E-state index in [1.165, 1.54) is 0 Å². The first-order valence-electron chi connectivity index (χ1n) is 11.8. The van der Waals surface area contributed by atoms with Crippen molar-refractivity contribution < 1.29 is 9.53 Å². The predicted octanol–water partition coefficient (Wildman–Crippen LogP) is 3.92. The summed E-state index contributed by atoms with van der Waals surface area (Å²) in [4.78, 5) is 17.3. The highest BCUT2D eigenvalue weighted by atomic mass is 16.5. The van der Waals surface area contributed by atoms with E-state index in [2.05, 4.69) is 41.5 Å². The zero-order valence-electron chi connectivity index (χ0n) is 19.2. The van der Waals surface area contributed by atoms with Gasteiger partial charge in [0.05, 0.1) is 24.7 Å². The number of amides is 1. The van der Waals surface area contributed by atoms with Gasteiger partial charge in [0, 0.05) is 68.0 Å². The lowest BCUT2D eigenvalue weighted by Gasteiger charge is -2.39. The zero-order valence-corrected chi connectivity index (χ0v) is 19.2. The van der Waals surface area contributed by atoms with Crippen molar-refractivity contribution in [1.82, 2.24) is 14.4 Å². The average molecular weight is 435 g/mol. The van der Waals surface area contributed by atoms with Gasteiger partial charge in [0.15, 0.2) is 0 Å². The van der Waals surface area contributed by atoms with Crippen LogP contribution < -0.4 is 0 Å². The fourth-order valence-electron chi connectivity index (χ4n) is 5.16. The smallest absolute Gasteiger partial charge is 0.246 e. The summed E-state index contributed by atoms with van der Waals surface area (Å²) in [5, 5.41) is 10.0. The van der Waals surface area contributed by atoms with Gasteiger partial charge in [-0.25, -0.2) is 0 Å². The number of nitriles is 1. The van der Waals surface area contributed by atoms with E-state index in [1.54, 1.807) is 6.08 Å². The predicted molar refractivity (Wildman–Crippen MR) is 127 cm³/mol. The summed E-state index contributed by atoms with van der Waals surface area (Å²) in [6.45, 7) is 9.74. The Hall–Kier alpha value is -2.62. The second-order valence-corrected chi connectivity index (χ2v) is 9.28. The number of carbonyl (C=O) groups is 1. The van der Waals surface area contributed by atoms with Gasteiger partial charge in [-0.05, 0) is 44.7 Å². The maximum Gasteiger partial charge on any atom is 0.246 e. The third-order valence-electron chi connectivity index (χ3n) is 6.63. The van der Waals surface area contributed by atoms with Crippen LogP contribution in [0.3, 0.4) is 0 Å². The standard InChI is InChI=1S/C26H34N4O2/c1-20-16-28(17-21(2)32-20)18-22-10-14-29(15-11-22)26(31)9-8-23-19-30(13-5-12-27)25-7-4-3-6-24(23)25/h3-4,6-9,19-22H,5,10-11,13-18H2,1-2H3/b9-8+. The summed E-state index contributed by atoms with van der Waals surface area (Å²) in [5.74, 6) is 0.740. The van der Waals surface area contributed by atoms with Crippen molar-refractivity contribution in [1.29, 1.82) is 5.26 Å². The van der Waals surface area contributed by atoms with Crippen molar-refractivity contribution in [2.75, 3.05) is 32.7 Å². The molecule has 0 spiro atoms. The highest BCUT2D eigenvalue weighted by molar-refractivity contribution is 5.96. The number of benzene rings is 1. The molecule has 2 fully saturated rings. The second kappa shape index (κ2) is 10.3. The fourth-order valence-corrected chi connectivity index (χ4v) is 5.16. The van der Waals surface area contributed by atoms with E-state index in [1.807, 2.05) is 29.3 Å². The molecule has 2 aliphatic rings. The van der Waals surface area contributed by atoms with Crippen molar-refractivity contribution in [3.05, 3.63) is 42.1 Å². The zero-order chi connectivity index (χ0) is 22.5. The number of fused-ring (bicyclic) bond motifs is 1. The third-order valence-corrected chi connectivity index (χ3v) is 6.63. The van der Waals surface area contributed by atoms with Gasteiger partial charge in [0.2, 0.25) is 5.91 Å². The first-order chi connectivity index (χ1) is 15.5. The molecule has 0 bridgehead atoms. The summed E-state index contributed by atoms with van der Waals surface area (Å²) >= 11 is 0. The third kappa shape index (κ3) is 5.40. The lowest BCUT2D eigenvalue weighted by Crippen LogP contribution is -2.48. The van der Waals surface area contributed by atoms with Gasteiger partial charge in [-0.1, -0.05) is 18.2 Å². The fraction of sp³-hybridized carbons (Fsp3) is 0.538. The first-order valence-corrected chi connectivity index (χ1v) is 11.8. The van der Waals surface area contributed by atoms with Crippen LogP contribution >= 0.6 is 0 Å². The van der Waals surface area contributed by atoms with Crippen LogP contribution in [0.15, 0.2) is 36.5 Å². The quantitative estimate of drug-likeness (QED) is 0.647. The lowest BCUT2D eigenvalue weighted by atomic mass is 9.95. The highest BCUT2D eigenvalue weighted by Crippen LogP contribution is 2.24. The molecule has 6 nitrogen and oxygen atoms in total. The Kier molecular flexibility index (Phi) is 7.29. The van der Waals surface area contributed by atoms with Gasteiger partial charge in [0.1, 0.15) is 0 Å². The molecule has 2 unspecified atom stereocenters. The minimum Gasteiger partial charge on any atom is -0.373 e. The van der Waals surface area contributed by atoms with Crippen LogP contribution in [0.25, 0.3) is 17.0 Å². The molecule has 0 radical (unpaired) electrons. The van der Waals surface area contributed by atoms with Gasteiger partial charge in [-0.15, -0.1) is 0 Å². The molecular formula is C26H34N4O2. The van der Waals surface area contributed by atoms with Gasteiger partial charge >= 0.3 is 0 Å². The van der Waals surface area contributed by atoms with Crippen molar-refractivity contribution in [2.45, 2.75) is 51.9 Å². The van der Waals surface area contributed by atoms with E-state index >= 15 is 0 Å². The van der Waals surface area contributed by atoms with E-state index in [0.29, 0.717) is 31.1 Å². The van der Waals surface area contributed by atoms with E-state index in [9.17, 15) is 4.79 Å². The van der Waals surface area contributed by atoms with Crippen LogP contribution in [0.2, 0.25) is 0 Å². The largest absolute Gasteiger partial charge is 0.373 e. The summed E-state index contributed by atoms with van der Waals surface area (Å²) in [5.41, 5.74) is 2.12. The average Bonchev–Trinajstić information content (AvgIpc) is 3.13. The monoisotopic (exact) mass is 434 g/mol. The molecular weight excluding hydrogens is 400 g/mol. The minimum absolute atomic E-state index is 0.0888. The molecule has 0 saturated carbocycles. The van der Waals surface area contributed by atoms with Crippen LogP contribution in [0, 0.1) is 17.2 Å². The van der Waals surface area contributed by atoms with Crippen molar-refractivity contribution in [2.24, 2.45) is 5.92 Å². The van der Waals surface area contributed by atoms with Crippen LogP contribution in [-0.2, 0) is 16.1 Å². The number of para-hydroxylation sites is 1. The molecule has 4 rings (SSSR count). The Morgan fingerprint density at radius 3 is 2.62 bits per heavy atom. The number of rotatable bonds is 6. The topological polar surface area (TPSA) is 61.5 Å². The molecule has 2 atom stereocenters. The van der Waals surface area contributed by atoms with E-state index in [0.717, 1.165) is 62.0 Å². The molecule has 1 amide bonds. The van der Waals surface area contributed by atoms with Crippen LogP contribution in [0.4, 0.5) is 0 Å². The van der Waals surface area contributed by atoms with E-state index in [-0.39, 0.29) is 5.91 Å². The van der Waals surface area contributed by atoms with Gasteiger partial charge < -0.3 is 14.2 Å². The Morgan fingerprint density at radius 1 is 1.19 bits per heavy atom. The SMILES string of the molecule is CC1CN(CC2CCN(C(=O)/C=C/c3cn(CCC#N)c4ccccc34)CC2)CC(C)O1. The highest BCUT2D eigenvalue weighted by Gasteiger charge is 2.27. The van der Waals surface area contributed by atoms with Crippen molar-refractivity contribution in [3.63, 3.8) is 0 Å². The Balaban J connectivity index is 1.33. The molecule has 2 aromatic rings. The number of aryl methyl sites for hydroxylation is 1. The molecule has 2 saturated heterocycles. The van der Waals surface area contributed by atoms with Crippen molar-refractivity contribution >= 4 is 22.9 Å². The second-order valence-electron chi connectivity index (χ2n) is 9.28. The maximum absolute atomic E-state index is 12.8. The van der Waals surface area contributed by atoms with Crippen LogP contribution in [0.5, 0.6) is 0 Å².